The summed E-state index contributed by atoms with van der Waals surface area (Å²) in [6.45, 7) is 7.06. The van der Waals surface area contributed by atoms with E-state index in [0.717, 1.165) is 5.25 Å². The first kappa shape index (κ1) is 17.2. The van der Waals surface area contributed by atoms with Crippen molar-refractivity contribution in [2.45, 2.75) is 50.5 Å². The highest BCUT2D eigenvalue weighted by Crippen LogP contribution is 2.29. The third-order valence-electron chi connectivity index (χ3n) is 3.34. The van der Waals surface area contributed by atoms with Crippen molar-refractivity contribution in [2.24, 2.45) is 0 Å². The van der Waals surface area contributed by atoms with Gasteiger partial charge in [0.25, 0.3) is 0 Å². The Morgan fingerprint density at radius 1 is 1.26 bits per heavy atom. The van der Waals surface area contributed by atoms with Crippen LogP contribution in [-0.4, -0.2) is 61.2 Å². The predicted octanol–water partition coefficient (Wildman–Crippen LogP) is 1.66. The van der Waals surface area contributed by atoms with Gasteiger partial charge >= 0.3 is 0 Å². The summed E-state index contributed by atoms with van der Waals surface area (Å²) in [5.41, 5.74) is 0. The maximum atomic E-state index is 9.85. The van der Waals surface area contributed by atoms with Gasteiger partial charge in [-0.1, -0.05) is 13.3 Å². The van der Waals surface area contributed by atoms with Crippen molar-refractivity contribution in [3.8, 4) is 0 Å². The zero-order chi connectivity index (χ0) is 13.9. The molecule has 4 nitrogen and oxygen atoms in total. The first-order valence-corrected chi connectivity index (χ1v) is 8.51. The number of nitrogens with one attached hydrogen (secondary N) is 1. The molecular formula is C14H29NO3S. The monoisotopic (exact) mass is 291 g/mol. The van der Waals surface area contributed by atoms with Gasteiger partial charge in [0, 0.05) is 24.4 Å². The standard InChI is InChI=1S/C14H29NO3S/c1-3-17-8-9-18-11-12(16)10-15-13-6-5-7-14(13)19-4-2/h12-16H,3-11H2,1-2H3. The molecule has 0 heterocycles. The maximum absolute atomic E-state index is 9.85. The van der Waals surface area contributed by atoms with E-state index in [2.05, 4.69) is 12.2 Å². The molecule has 0 saturated heterocycles. The number of aliphatic hydroxyl groups is 1. The van der Waals surface area contributed by atoms with Crippen LogP contribution in [0.2, 0.25) is 0 Å². The van der Waals surface area contributed by atoms with Gasteiger partial charge in [-0.3, -0.25) is 0 Å². The summed E-state index contributed by atoms with van der Waals surface area (Å²) in [5.74, 6) is 1.17. The summed E-state index contributed by atoms with van der Waals surface area (Å²) >= 11 is 2.03. The Hall–Kier alpha value is 0.190. The highest BCUT2D eigenvalue weighted by atomic mass is 32.2. The summed E-state index contributed by atoms with van der Waals surface area (Å²) in [4.78, 5) is 0. The summed E-state index contributed by atoms with van der Waals surface area (Å²) in [6.07, 6.45) is 3.41. The van der Waals surface area contributed by atoms with E-state index in [4.69, 9.17) is 9.47 Å². The second-order valence-corrected chi connectivity index (χ2v) is 6.38. The van der Waals surface area contributed by atoms with Gasteiger partial charge in [-0.2, -0.15) is 11.8 Å². The number of thioether (sulfide) groups is 1. The molecule has 0 aromatic carbocycles. The van der Waals surface area contributed by atoms with E-state index < -0.39 is 6.10 Å². The van der Waals surface area contributed by atoms with Crippen LogP contribution in [0.15, 0.2) is 0 Å². The zero-order valence-corrected chi connectivity index (χ0v) is 13.1. The van der Waals surface area contributed by atoms with Crippen LogP contribution in [0, 0.1) is 0 Å². The summed E-state index contributed by atoms with van der Waals surface area (Å²) in [6, 6.07) is 0.558. The van der Waals surface area contributed by atoms with Crippen LogP contribution in [0.3, 0.4) is 0 Å². The number of hydrogen-bond donors (Lipinski definition) is 2. The second kappa shape index (κ2) is 10.9. The van der Waals surface area contributed by atoms with E-state index >= 15 is 0 Å². The number of hydrogen-bond acceptors (Lipinski definition) is 5. The lowest BCUT2D eigenvalue weighted by Gasteiger charge is -2.22. The third-order valence-corrected chi connectivity index (χ3v) is 4.66. The van der Waals surface area contributed by atoms with Crippen LogP contribution in [0.5, 0.6) is 0 Å². The molecule has 0 bridgehead atoms. The highest BCUT2D eigenvalue weighted by Gasteiger charge is 2.26. The molecule has 1 saturated carbocycles. The van der Waals surface area contributed by atoms with E-state index in [1.54, 1.807) is 0 Å². The van der Waals surface area contributed by atoms with Crippen molar-refractivity contribution in [1.82, 2.24) is 5.32 Å². The first-order valence-electron chi connectivity index (χ1n) is 7.46. The molecule has 0 aliphatic heterocycles. The Kier molecular flexibility index (Phi) is 9.91. The lowest BCUT2D eigenvalue weighted by atomic mass is 10.2. The van der Waals surface area contributed by atoms with Crippen LogP contribution in [0.25, 0.3) is 0 Å². The van der Waals surface area contributed by atoms with E-state index in [9.17, 15) is 5.11 Å². The first-order chi connectivity index (χ1) is 9.27. The van der Waals surface area contributed by atoms with E-state index in [0.29, 0.717) is 39.0 Å². The van der Waals surface area contributed by atoms with Crippen LogP contribution < -0.4 is 5.32 Å². The molecule has 0 amide bonds. The summed E-state index contributed by atoms with van der Waals surface area (Å²) < 4.78 is 10.5. The quantitative estimate of drug-likeness (QED) is 0.567. The Morgan fingerprint density at radius 2 is 2.05 bits per heavy atom. The minimum Gasteiger partial charge on any atom is -0.389 e. The molecule has 3 atom stereocenters. The predicted molar refractivity (Wildman–Crippen MR) is 80.9 cm³/mol. The lowest BCUT2D eigenvalue weighted by molar-refractivity contribution is 0.00583. The van der Waals surface area contributed by atoms with Gasteiger partial charge < -0.3 is 19.9 Å². The van der Waals surface area contributed by atoms with Crippen molar-refractivity contribution < 1.29 is 14.6 Å². The van der Waals surface area contributed by atoms with Crippen molar-refractivity contribution in [3.05, 3.63) is 0 Å². The van der Waals surface area contributed by atoms with Gasteiger partial charge in [0.15, 0.2) is 0 Å². The molecule has 0 spiro atoms. The summed E-state index contributed by atoms with van der Waals surface area (Å²) in [5, 5.41) is 14.1. The Bertz CT molecular complexity index is 219. The van der Waals surface area contributed by atoms with Gasteiger partial charge in [-0.05, 0) is 25.5 Å². The minimum absolute atomic E-state index is 0.387. The van der Waals surface area contributed by atoms with Gasteiger partial charge in [0.1, 0.15) is 0 Å². The topological polar surface area (TPSA) is 50.7 Å². The van der Waals surface area contributed by atoms with Gasteiger partial charge in [-0.25, -0.2) is 0 Å². The van der Waals surface area contributed by atoms with Crippen LogP contribution in [-0.2, 0) is 9.47 Å². The molecule has 114 valence electrons. The van der Waals surface area contributed by atoms with Gasteiger partial charge in [0.05, 0.1) is 25.9 Å². The molecule has 5 heteroatoms. The Balaban J connectivity index is 2.04. The average Bonchev–Trinajstić information content (AvgIpc) is 2.84. The van der Waals surface area contributed by atoms with Gasteiger partial charge in [-0.15, -0.1) is 0 Å². The molecule has 0 aromatic heterocycles. The van der Waals surface area contributed by atoms with Crippen molar-refractivity contribution in [2.75, 3.05) is 38.7 Å². The van der Waals surface area contributed by atoms with Gasteiger partial charge in [0.2, 0.25) is 0 Å². The Morgan fingerprint density at radius 3 is 2.79 bits per heavy atom. The molecule has 1 aliphatic carbocycles. The fourth-order valence-corrected chi connectivity index (χ4v) is 3.63. The molecule has 0 aromatic rings. The molecule has 1 aliphatic rings. The molecule has 1 fully saturated rings. The normalized spacial score (nSPS) is 24.8. The highest BCUT2D eigenvalue weighted by molar-refractivity contribution is 7.99. The minimum atomic E-state index is -0.422. The fourth-order valence-electron chi connectivity index (χ4n) is 2.40. The molecule has 19 heavy (non-hydrogen) atoms. The fraction of sp³-hybridized carbons (Fsp3) is 1.00. The lowest BCUT2D eigenvalue weighted by Crippen LogP contribution is -2.40. The molecule has 0 radical (unpaired) electrons. The number of ether oxygens (including phenoxy) is 2. The van der Waals surface area contributed by atoms with Crippen LogP contribution in [0.1, 0.15) is 33.1 Å². The van der Waals surface area contributed by atoms with Crippen molar-refractivity contribution >= 4 is 11.8 Å². The smallest absolute Gasteiger partial charge is 0.0897 e. The second-order valence-electron chi connectivity index (χ2n) is 4.87. The molecule has 2 N–H and O–H groups in total. The third kappa shape index (κ3) is 7.51. The zero-order valence-electron chi connectivity index (χ0n) is 12.3. The maximum Gasteiger partial charge on any atom is 0.0897 e. The van der Waals surface area contributed by atoms with E-state index in [1.165, 1.54) is 25.0 Å². The van der Waals surface area contributed by atoms with Crippen molar-refractivity contribution in [1.29, 1.82) is 0 Å². The van der Waals surface area contributed by atoms with Crippen molar-refractivity contribution in [3.63, 3.8) is 0 Å². The average molecular weight is 291 g/mol. The SMILES string of the molecule is CCOCCOCC(O)CNC1CCCC1SCC. The Labute approximate surface area is 121 Å². The number of aliphatic hydroxyl groups excluding tert-OH is 1. The van der Waals surface area contributed by atoms with E-state index in [1.807, 2.05) is 18.7 Å². The number of rotatable bonds is 11. The molecule has 3 unspecified atom stereocenters. The summed E-state index contributed by atoms with van der Waals surface area (Å²) in [7, 11) is 0. The van der Waals surface area contributed by atoms with Crippen LogP contribution >= 0.6 is 11.8 Å². The van der Waals surface area contributed by atoms with E-state index in [-0.39, 0.29) is 0 Å². The molecule has 1 rings (SSSR count). The largest absolute Gasteiger partial charge is 0.389 e. The van der Waals surface area contributed by atoms with Crippen LogP contribution in [0.4, 0.5) is 0 Å². The molecular weight excluding hydrogens is 262 g/mol.